The zero-order valence-electron chi connectivity index (χ0n) is 11.4. The Morgan fingerprint density at radius 3 is 2.63 bits per heavy atom. The number of aryl methyl sites for hydroxylation is 1. The minimum atomic E-state index is 0.0720. The zero-order chi connectivity index (χ0) is 14.0. The van der Waals surface area contributed by atoms with E-state index in [1.807, 2.05) is 13.0 Å². The van der Waals surface area contributed by atoms with Gasteiger partial charge in [-0.3, -0.25) is 4.90 Å². The molecule has 2 aromatic heterocycles. The van der Waals surface area contributed by atoms with Crippen LogP contribution >= 0.6 is 27.3 Å². The van der Waals surface area contributed by atoms with Gasteiger partial charge in [-0.05, 0) is 55.0 Å². The molecule has 0 aliphatic carbocycles. The van der Waals surface area contributed by atoms with E-state index in [1.165, 1.54) is 10.4 Å². The quantitative estimate of drug-likeness (QED) is 0.894. The molecule has 0 aliphatic rings. The molecule has 5 heteroatoms. The van der Waals surface area contributed by atoms with Crippen molar-refractivity contribution in [1.29, 1.82) is 0 Å². The van der Waals surface area contributed by atoms with Crippen LogP contribution in [-0.4, -0.2) is 18.0 Å². The molecule has 0 saturated heterocycles. The van der Waals surface area contributed by atoms with Crippen LogP contribution in [0.15, 0.2) is 32.7 Å². The average Bonchev–Trinajstić information content (AvgIpc) is 2.89. The van der Waals surface area contributed by atoms with Gasteiger partial charge in [0.1, 0.15) is 5.76 Å². The van der Waals surface area contributed by atoms with Gasteiger partial charge in [-0.15, -0.1) is 11.3 Å². The van der Waals surface area contributed by atoms with Gasteiger partial charge in [-0.2, -0.15) is 0 Å². The molecular weight excluding hydrogens is 324 g/mol. The topological polar surface area (TPSA) is 42.4 Å². The summed E-state index contributed by atoms with van der Waals surface area (Å²) in [6.07, 6.45) is 1.74. The minimum absolute atomic E-state index is 0.0720. The van der Waals surface area contributed by atoms with Crippen molar-refractivity contribution >= 4 is 27.3 Å². The van der Waals surface area contributed by atoms with Crippen LogP contribution in [-0.2, 0) is 6.54 Å². The van der Waals surface area contributed by atoms with Crippen LogP contribution in [0, 0.1) is 6.92 Å². The summed E-state index contributed by atoms with van der Waals surface area (Å²) < 4.78 is 6.49. The predicted molar refractivity (Wildman–Crippen MR) is 83.3 cm³/mol. The predicted octanol–water partition coefficient (Wildman–Crippen LogP) is 3.93. The van der Waals surface area contributed by atoms with Crippen LogP contribution < -0.4 is 5.73 Å². The van der Waals surface area contributed by atoms with Crippen molar-refractivity contribution in [2.75, 3.05) is 7.05 Å². The van der Waals surface area contributed by atoms with E-state index in [1.54, 1.807) is 17.6 Å². The van der Waals surface area contributed by atoms with Crippen molar-refractivity contribution in [3.63, 3.8) is 0 Å². The lowest BCUT2D eigenvalue weighted by Crippen LogP contribution is -2.36. The number of halogens is 1. The number of nitrogens with zero attached hydrogens (tertiary/aromatic N) is 1. The van der Waals surface area contributed by atoms with E-state index < -0.39 is 0 Å². The van der Waals surface area contributed by atoms with Crippen LogP contribution in [0.1, 0.15) is 29.2 Å². The molecule has 2 heterocycles. The van der Waals surface area contributed by atoms with Gasteiger partial charge in [0.05, 0.1) is 16.1 Å². The molecule has 2 rings (SSSR count). The summed E-state index contributed by atoms with van der Waals surface area (Å²) in [5, 5.41) is 0. The average molecular weight is 343 g/mol. The van der Waals surface area contributed by atoms with Crippen LogP contribution in [0.3, 0.4) is 0 Å². The summed E-state index contributed by atoms with van der Waals surface area (Å²) in [7, 11) is 2.11. The molecule has 0 aromatic carbocycles. The lowest BCUT2D eigenvalue weighted by atomic mass is 10.1. The SMILES string of the molecule is Cc1occc1CN(C)C(c1ccc(Br)s1)C(C)N. The molecule has 0 fully saturated rings. The van der Waals surface area contributed by atoms with Crippen LogP contribution in [0.4, 0.5) is 0 Å². The fourth-order valence-electron chi connectivity index (χ4n) is 2.31. The smallest absolute Gasteiger partial charge is 0.105 e. The van der Waals surface area contributed by atoms with E-state index in [0.29, 0.717) is 0 Å². The number of hydrogen-bond acceptors (Lipinski definition) is 4. The Labute approximate surface area is 126 Å². The highest BCUT2D eigenvalue weighted by Crippen LogP contribution is 2.32. The molecule has 3 nitrogen and oxygen atoms in total. The largest absolute Gasteiger partial charge is 0.469 e. The molecule has 2 aromatic rings. The van der Waals surface area contributed by atoms with Gasteiger partial charge in [-0.25, -0.2) is 0 Å². The number of furan rings is 1. The van der Waals surface area contributed by atoms with E-state index in [4.69, 9.17) is 10.2 Å². The maximum absolute atomic E-state index is 6.17. The van der Waals surface area contributed by atoms with Gasteiger partial charge in [0.2, 0.25) is 0 Å². The Morgan fingerprint density at radius 2 is 2.16 bits per heavy atom. The standard InChI is InChI=1S/C14H19BrN2OS/c1-9(16)14(12-4-5-13(15)19-12)17(3)8-11-6-7-18-10(11)2/h4-7,9,14H,8,16H2,1-3H3. The zero-order valence-corrected chi connectivity index (χ0v) is 13.8. The molecule has 2 unspecified atom stereocenters. The summed E-state index contributed by atoms with van der Waals surface area (Å²) in [5.74, 6) is 0.975. The van der Waals surface area contributed by atoms with Crippen LogP contribution in [0.2, 0.25) is 0 Å². The molecule has 0 bridgehead atoms. The number of likely N-dealkylation sites (N-methyl/N-ethyl adjacent to an activating group) is 1. The summed E-state index contributed by atoms with van der Waals surface area (Å²) >= 11 is 5.26. The Bertz CT molecular complexity index is 535. The van der Waals surface area contributed by atoms with Gasteiger partial charge in [0.25, 0.3) is 0 Å². The highest BCUT2D eigenvalue weighted by Gasteiger charge is 2.23. The second-order valence-corrected chi connectivity index (χ2v) is 7.36. The first kappa shape index (κ1) is 14.8. The summed E-state index contributed by atoms with van der Waals surface area (Å²) in [5.41, 5.74) is 7.38. The first-order valence-electron chi connectivity index (χ1n) is 6.23. The first-order chi connectivity index (χ1) is 8.99. The maximum atomic E-state index is 6.17. The highest BCUT2D eigenvalue weighted by atomic mass is 79.9. The van der Waals surface area contributed by atoms with Gasteiger partial charge in [-0.1, -0.05) is 0 Å². The minimum Gasteiger partial charge on any atom is -0.469 e. The van der Waals surface area contributed by atoms with E-state index in [2.05, 4.69) is 46.9 Å². The number of hydrogen-bond donors (Lipinski definition) is 1. The Morgan fingerprint density at radius 1 is 1.42 bits per heavy atom. The van der Waals surface area contributed by atoms with Crippen molar-refractivity contribution in [2.45, 2.75) is 32.5 Å². The van der Waals surface area contributed by atoms with Gasteiger partial charge in [0, 0.05) is 23.0 Å². The molecule has 104 valence electrons. The van der Waals surface area contributed by atoms with Gasteiger partial charge >= 0.3 is 0 Å². The molecule has 2 atom stereocenters. The van der Waals surface area contributed by atoms with Crippen molar-refractivity contribution in [1.82, 2.24) is 4.90 Å². The van der Waals surface area contributed by atoms with Crippen molar-refractivity contribution in [3.05, 3.63) is 44.4 Å². The monoisotopic (exact) mass is 342 g/mol. The first-order valence-corrected chi connectivity index (χ1v) is 7.84. The third-order valence-electron chi connectivity index (χ3n) is 3.24. The summed E-state index contributed by atoms with van der Waals surface area (Å²) in [6.45, 7) is 4.88. The van der Waals surface area contributed by atoms with Crippen molar-refractivity contribution in [2.24, 2.45) is 5.73 Å². The highest BCUT2D eigenvalue weighted by molar-refractivity contribution is 9.11. The molecular formula is C14H19BrN2OS. The summed E-state index contributed by atoms with van der Waals surface area (Å²) in [6, 6.07) is 6.52. The lowest BCUT2D eigenvalue weighted by Gasteiger charge is -2.30. The molecule has 0 saturated carbocycles. The Kier molecular flexibility index (Phi) is 4.84. The van der Waals surface area contributed by atoms with Gasteiger partial charge in [0.15, 0.2) is 0 Å². The second kappa shape index (κ2) is 6.22. The maximum Gasteiger partial charge on any atom is 0.105 e. The molecule has 0 radical (unpaired) electrons. The van der Waals surface area contributed by atoms with Crippen molar-refractivity contribution in [3.8, 4) is 0 Å². The lowest BCUT2D eigenvalue weighted by molar-refractivity contribution is 0.213. The Balaban J connectivity index is 2.18. The van der Waals surface area contributed by atoms with Crippen molar-refractivity contribution < 1.29 is 4.42 Å². The normalized spacial score (nSPS) is 14.8. The van der Waals surface area contributed by atoms with Crippen LogP contribution in [0.25, 0.3) is 0 Å². The van der Waals surface area contributed by atoms with Crippen LogP contribution in [0.5, 0.6) is 0 Å². The fourth-order valence-corrected chi connectivity index (χ4v) is 4.01. The molecule has 2 N–H and O–H groups in total. The molecule has 0 aliphatic heterocycles. The third kappa shape index (κ3) is 3.48. The third-order valence-corrected chi connectivity index (χ3v) is 4.94. The molecule has 19 heavy (non-hydrogen) atoms. The molecule has 0 amide bonds. The number of rotatable bonds is 5. The van der Waals surface area contributed by atoms with E-state index in [0.717, 1.165) is 16.1 Å². The second-order valence-electron chi connectivity index (χ2n) is 4.86. The van der Waals surface area contributed by atoms with Gasteiger partial charge < -0.3 is 10.2 Å². The fraction of sp³-hybridized carbons (Fsp3) is 0.429. The molecule has 0 spiro atoms. The van der Waals surface area contributed by atoms with E-state index in [-0.39, 0.29) is 12.1 Å². The number of nitrogens with two attached hydrogens (primary N) is 1. The number of thiophene rings is 1. The van der Waals surface area contributed by atoms with E-state index >= 15 is 0 Å². The Hall–Kier alpha value is -0.620. The summed E-state index contributed by atoms with van der Waals surface area (Å²) in [4.78, 5) is 3.56. The van der Waals surface area contributed by atoms with E-state index in [9.17, 15) is 0 Å².